The number of hydrogen-bond acceptors (Lipinski definition) is 5. The number of carbonyl (C=O) groups excluding carboxylic acids is 1. The summed E-state index contributed by atoms with van der Waals surface area (Å²) >= 11 is 1.49. The standard InChI is InChI=1S/C25H25N5OS/c31-24(23-9-5-15-30(23)17-20-10-12-26-13-11-20)28-25-27-21(18-32-25)22-8-4-14-29(22)16-19-6-2-1-3-7-19/h1-3,5-7,9-13,15,18,22H,4,8,14,16-17H2,(H,27,28,31)/t22-/m0/s1. The van der Waals surface area contributed by atoms with Crippen molar-refractivity contribution in [3.05, 3.63) is 101 Å². The highest BCUT2D eigenvalue weighted by molar-refractivity contribution is 7.14. The Morgan fingerprint density at radius 1 is 1.03 bits per heavy atom. The first-order valence-electron chi connectivity index (χ1n) is 10.8. The lowest BCUT2D eigenvalue weighted by Crippen LogP contribution is -2.23. The summed E-state index contributed by atoms with van der Waals surface area (Å²) in [5.74, 6) is -0.141. The second-order valence-corrected chi connectivity index (χ2v) is 8.88. The number of hydrogen-bond donors (Lipinski definition) is 1. The molecule has 0 spiro atoms. The largest absolute Gasteiger partial charge is 0.339 e. The Kier molecular flexibility index (Phi) is 6.09. The molecule has 1 N–H and O–H groups in total. The molecule has 3 aromatic heterocycles. The van der Waals surface area contributed by atoms with Gasteiger partial charge in [-0.1, -0.05) is 30.3 Å². The predicted octanol–water partition coefficient (Wildman–Crippen LogP) is 4.98. The number of anilines is 1. The number of nitrogens with zero attached hydrogens (tertiary/aromatic N) is 4. The molecule has 4 aromatic rings. The number of aromatic nitrogens is 3. The molecule has 6 nitrogen and oxygen atoms in total. The summed E-state index contributed by atoms with van der Waals surface area (Å²) in [6.45, 7) is 2.62. The van der Waals surface area contributed by atoms with Gasteiger partial charge in [0.25, 0.3) is 5.91 Å². The van der Waals surface area contributed by atoms with Crippen LogP contribution in [0.3, 0.4) is 0 Å². The van der Waals surface area contributed by atoms with Crippen LogP contribution in [-0.2, 0) is 13.1 Å². The van der Waals surface area contributed by atoms with E-state index in [9.17, 15) is 4.79 Å². The fraction of sp³-hybridized carbons (Fsp3) is 0.240. The number of thiazole rings is 1. The zero-order valence-electron chi connectivity index (χ0n) is 17.7. The maximum atomic E-state index is 12.9. The molecule has 4 heterocycles. The lowest BCUT2D eigenvalue weighted by Gasteiger charge is -2.23. The highest BCUT2D eigenvalue weighted by Gasteiger charge is 2.28. The van der Waals surface area contributed by atoms with Crippen molar-refractivity contribution in [2.45, 2.75) is 32.0 Å². The SMILES string of the molecule is O=C(Nc1nc([C@@H]2CCCN2Cc2ccccc2)cs1)c1cccn1Cc1ccncc1. The molecule has 0 saturated carbocycles. The highest BCUT2D eigenvalue weighted by Crippen LogP contribution is 2.34. The Bertz CT molecular complexity index is 1170. The van der Waals surface area contributed by atoms with Gasteiger partial charge in [0.15, 0.2) is 5.13 Å². The molecule has 1 aliphatic rings. The molecule has 0 aliphatic carbocycles. The van der Waals surface area contributed by atoms with E-state index in [-0.39, 0.29) is 5.91 Å². The average Bonchev–Trinajstić information content (AvgIpc) is 3.56. The summed E-state index contributed by atoms with van der Waals surface area (Å²) in [6, 6.07) is 18.5. The quantitative estimate of drug-likeness (QED) is 0.438. The van der Waals surface area contributed by atoms with Gasteiger partial charge in [-0.3, -0.25) is 20.0 Å². The molecule has 1 aromatic carbocycles. The summed E-state index contributed by atoms with van der Waals surface area (Å²) in [6.07, 6.45) is 7.71. The van der Waals surface area contributed by atoms with E-state index in [1.54, 1.807) is 12.4 Å². The first-order chi connectivity index (χ1) is 15.8. The van der Waals surface area contributed by atoms with Crippen LogP contribution in [0, 0.1) is 0 Å². The van der Waals surface area contributed by atoms with Crippen LogP contribution in [0.1, 0.15) is 46.2 Å². The Morgan fingerprint density at radius 2 is 1.84 bits per heavy atom. The molecule has 7 heteroatoms. The van der Waals surface area contributed by atoms with Crippen LogP contribution in [0.5, 0.6) is 0 Å². The van der Waals surface area contributed by atoms with E-state index >= 15 is 0 Å². The predicted molar refractivity (Wildman–Crippen MR) is 127 cm³/mol. The van der Waals surface area contributed by atoms with Crippen LogP contribution in [0.4, 0.5) is 5.13 Å². The molecule has 32 heavy (non-hydrogen) atoms. The topological polar surface area (TPSA) is 63.1 Å². The maximum absolute atomic E-state index is 12.9. The van der Waals surface area contributed by atoms with E-state index < -0.39 is 0 Å². The first-order valence-corrected chi connectivity index (χ1v) is 11.7. The van der Waals surface area contributed by atoms with E-state index in [1.165, 1.54) is 23.3 Å². The van der Waals surface area contributed by atoms with Gasteiger partial charge in [0, 0.05) is 37.1 Å². The van der Waals surface area contributed by atoms with Crippen molar-refractivity contribution in [2.24, 2.45) is 0 Å². The van der Waals surface area contributed by atoms with Crippen molar-refractivity contribution in [1.82, 2.24) is 19.4 Å². The average molecular weight is 444 g/mol. The van der Waals surface area contributed by atoms with Crippen molar-refractivity contribution < 1.29 is 4.79 Å². The molecule has 1 atom stereocenters. The number of likely N-dealkylation sites (tertiary alicyclic amines) is 1. The summed E-state index contributed by atoms with van der Waals surface area (Å²) < 4.78 is 1.94. The van der Waals surface area contributed by atoms with E-state index in [0.29, 0.717) is 23.4 Å². The molecule has 0 radical (unpaired) electrons. The zero-order valence-corrected chi connectivity index (χ0v) is 18.5. The molecule has 1 saturated heterocycles. The zero-order chi connectivity index (χ0) is 21.8. The van der Waals surface area contributed by atoms with Crippen LogP contribution in [0.25, 0.3) is 0 Å². The number of rotatable bonds is 7. The van der Waals surface area contributed by atoms with Gasteiger partial charge >= 0.3 is 0 Å². The van der Waals surface area contributed by atoms with Crippen LogP contribution in [0.15, 0.2) is 78.6 Å². The molecule has 1 aliphatic heterocycles. The van der Waals surface area contributed by atoms with Crippen LogP contribution < -0.4 is 5.32 Å². The maximum Gasteiger partial charge on any atom is 0.274 e. The van der Waals surface area contributed by atoms with E-state index in [0.717, 1.165) is 30.8 Å². The minimum absolute atomic E-state index is 0.141. The number of nitrogens with one attached hydrogen (secondary N) is 1. The Hall–Kier alpha value is -3.29. The van der Waals surface area contributed by atoms with Crippen molar-refractivity contribution in [3.8, 4) is 0 Å². The summed E-state index contributed by atoms with van der Waals surface area (Å²) in [5, 5.41) is 5.73. The van der Waals surface area contributed by atoms with Gasteiger partial charge in [-0.2, -0.15) is 0 Å². The Balaban J connectivity index is 1.26. The van der Waals surface area contributed by atoms with Crippen molar-refractivity contribution >= 4 is 22.4 Å². The number of carbonyl (C=O) groups is 1. The molecule has 0 bridgehead atoms. The number of amides is 1. The van der Waals surface area contributed by atoms with Crippen molar-refractivity contribution in [2.75, 3.05) is 11.9 Å². The Labute approximate surface area is 191 Å². The smallest absolute Gasteiger partial charge is 0.274 e. The van der Waals surface area contributed by atoms with E-state index in [2.05, 4.69) is 44.8 Å². The fourth-order valence-corrected chi connectivity index (χ4v) is 5.02. The number of pyridine rings is 1. The minimum Gasteiger partial charge on any atom is -0.339 e. The van der Waals surface area contributed by atoms with Crippen molar-refractivity contribution in [3.63, 3.8) is 0 Å². The van der Waals surface area contributed by atoms with E-state index in [4.69, 9.17) is 4.98 Å². The summed E-state index contributed by atoms with van der Waals surface area (Å²) in [5.41, 5.74) is 4.08. The third kappa shape index (κ3) is 4.64. The van der Waals surface area contributed by atoms with Gasteiger partial charge in [-0.25, -0.2) is 4.98 Å². The lowest BCUT2D eigenvalue weighted by molar-refractivity contribution is 0.101. The normalized spacial score (nSPS) is 16.3. The van der Waals surface area contributed by atoms with Crippen LogP contribution in [0.2, 0.25) is 0 Å². The first kappa shape index (κ1) is 20.6. The van der Waals surface area contributed by atoms with Gasteiger partial charge in [-0.05, 0) is 54.8 Å². The van der Waals surface area contributed by atoms with E-state index in [1.807, 2.05) is 41.1 Å². The third-order valence-electron chi connectivity index (χ3n) is 5.84. The van der Waals surface area contributed by atoms with Gasteiger partial charge < -0.3 is 4.57 Å². The lowest BCUT2D eigenvalue weighted by atomic mass is 10.1. The van der Waals surface area contributed by atoms with Crippen molar-refractivity contribution in [1.29, 1.82) is 0 Å². The molecule has 1 amide bonds. The van der Waals surface area contributed by atoms with Gasteiger partial charge in [0.2, 0.25) is 0 Å². The molecule has 5 rings (SSSR count). The van der Waals surface area contributed by atoms with Gasteiger partial charge in [0.1, 0.15) is 5.69 Å². The van der Waals surface area contributed by atoms with Gasteiger partial charge in [0.05, 0.1) is 11.7 Å². The molecule has 1 fully saturated rings. The molecule has 162 valence electrons. The molecular formula is C25H25N5OS. The second kappa shape index (κ2) is 9.46. The number of benzene rings is 1. The third-order valence-corrected chi connectivity index (χ3v) is 6.62. The Morgan fingerprint density at radius 3 is 2.69 bits per heavy atom. The molecule has 0 unspecified atom stereocenters. The second-order valence-electron chi connectivity index (χ2n) is 8.02. The highest BCUT2D eigenvalue weighted by atomic mass is 32.1. The minimum atomic E-state index is -0.141. The molecular weight excluding hydrogens is 418 g/mol. The summed E-state index contributed by atoms with van der Waals surface area (Å²) in [7, 11) is 0. The van der Waals surface area contributed by atoms with Gasteiger partial charge in [-0.15, -0.1) is 11.3 Å². The monoisotopic (exact) mass is 443 g/mol. The fourth-order valence-electron chi connectivity index (χ4n) is 4.27. The van der Waals surface area contributed by atoms with Crippen LogP contribution >= 0.6 is 11.3 Å². The van der Waals surface area contributed by atoms with Crippen LogP contribution in [-0.4, -0.2) is 31.9 Å². The summed E-state index contributed by atoms with van der Waals surface area (Å²) in [4.78, 5) is 24.2.